The van der Waals surface area contributed by atoms with Crippen molar-refractivity contribution < 1.29 is 23.1 Å². The number of aromatic amines is 1. The molecule has 2 atom stereocenters. The molecule has 1 aromatic heterocycles. The molecular formula is C13H20N2O5S. The van der Waals surface area contributed by atoms with Crippen molar-refractivity contribution in [2.24, 2.45) is 0 Å². The lowest BCUT2D eigenvalue weighted by Crippen LogP contribution is -2.41. The van der Waals surface area contributed by atoms with E-state index in [1.165, 1.54) is 6.92 Å². The number of carbonyl (C=O) groups is 1. The molecule has 2 unspecified atom stereocenters. The zero-order chi connectivity index (χ0) is 15.8. The average Bonchev–Trinajstić information content (AvgIpc) is 2.96. The number of nitrogens with one attached hydrogen (secondary N) is 2. The largest absolute Gasteiger partial charge is 0.477 e. The summed E-state index contributed by atoms with van der Waals surface area (Å²) in [7, 11) is -3.80. The summed E-state index contributed by atoms with van der Waals surface area (Å²) in [6.45, 7) is 5.42. The third kappa shape index (κ3) is 3.12. The standard InChI is InChI=1S/C13H20N2O5S/c1-7-11(13(16)17)14-9(3)12(7)21(18,19)15-8(2)10-5-4-6-20-10/h8,10,14-15H,4-6H2,1-3H3,(H,16,17). The average molecular weight is 316 g/mol. The normalized spacial score (nSPS) is 20.6. The van der Waals surface area contributed by atoms with Crippen molar-refractivity contribution in [3.8, 4) is 0 Å². The maximum atomic E-state index is 12.5. The second-order valence-electron chi connectivity index (χ2n) is 5.35. The molecule has 0 amide bonds. The van der Waals surface area contributed by atoms with Crippen LogP contribution in [0.4, 0.5) is 0 Å². The summed E-state index contributed by atoms with van der Waals surface area (Å²) in [5.74, 6) is -1.18. The maximum Gasteiger partial charge on any atom is 0.352 e. The van der Waals surface area contributed by atoms with Gasteiger partial charge in [0.2, 0.25) is 10.0 Å². The first-order valence-corrected chi connectivity index (χ1v) is 8.28. The van der Waals surface area contributed by atoms with Crippen LogP contribution in [0.25, 0.3) is 0 Å². The quantitative estimate of drug-likeness (QED) is 0.756. The predicted molar refractivity (Wildman–Crippen MR) is 76.0 cm³/mol. The highest BCUT2D eigenvalue weighted by Crippen LogP contribution is 2.24. The van der Waals surface area contributed by atoms with Crippen LogP contribution in [0.5, 0.6) is 0 Å². The van der Waals surface area contributed by atoms with Gasteiger partial charge in [0.1, 0.15) is 10.6 Å². The highest BCUT2D eigenvalue weighted by atomic mass is 32.2. The molecular weight excluding hydrogens is 296 g/mol. The van der Waals surface area contributed by atoms with Gasteiger partial charge in [0.25, 0.3) is 0 Å². The molecule has 0 aliphatic carbocycles. The van der Waals surface area contributed by atoms with Crippen LogP contribution in [-0.2, 0) is 14.8 Å². The smallest absolute Gasteiger partial charge is 0.352 e. The second-order valence-corrected chi connectivity index (χ2v) is 7.00. The fourth-order valence-electron chi connectivity index (χ4n) is 2.73. The van der Waals surface area contributed by atoms with Crippen molar-refractivity contribution in [2.75, 3.05) is 6.61 Å². The number of hydrogen-bond acceptors (Lipinski definition) is 4. The maximum absolute atomic E-state index is 12.5. The molecule has 0 radical (unpaired) electrons. The SMILES string of the molecule is Cc1[nH]c(C(=O)O)c(C)c1S(=O)(=O)NC(C)C1CCCO1. The van der Waals surface area contributed by atoms with E-state index in [0.717, 1.165) is 12.8 Å². The first-order chi connectivity index (χ1) is 9.74. The Kier molecular flexibility index (Phi) is 4.40. The number of carboxylic acids is 1. The Bertz CT molecular complexity index is 644. The van der Waals surface area contributed by atoms with E-state index in [4.69, 9.17) is 9.84 Å². The fourth-order valence-corrected chi connectivity index (χ4v) is 4.44. The van der Waals surface area contributed by atoms with E-state index in [-0.39, 0.29) is 28.3 Å². The van der Waals surface area contributed by atoms with Crippen molar-refractivity contribution in [1.29, 1.82) is 0 Å². The Hall–Kier alpha value is -1.38. The molecule has 1 fully saturated rings. The van der Waals surface area contributed by atoms with Gasteiger partial charge >= 0.3 is 5.97 Å². The molecule has 3 N–H and O–H groups in total. The second kappa shape index (κ2) is 5.78. The van der Waals surface area contributed by atoms with Gasteiger partial charge in [-0.3, -0.25) is 0 Å². The number of sulfonamides is 1. The molecule has 2 heterocycles. The van der Waals surface area contributed by atoms with Crippen LogP contribution in [0.2, 0.25) is 0 Å². The minimum Gasteiger partial charge on any atom is -0.477 e. The van der Waals surface area contributed by atoms with Crippen LogP contribution in [0.1, 0.15) is 41.5 Å². The lowest BCUT2D eigenvalue weighted by atomic mass is 10.1. The van der Waals surface area contributed by atoms with Gasteiger partial charge in [0.05, 0.1) is 6.10 Å². The van der Waals surface area contributed by atoms with E-state index in [2.05, 4.69) is 9.71 Å². The van der Waals surface area contributed by atoms with Gasteiger partial charge in [-0.1, -0.05) is 0 Å². The van der Waals surface area contributed by atoms with Crippen LogP contribution in [0, 0.1) is 13.8 Å². The summed E-state index contributed by atoms with van der Waals surface area (Å²) in [4.78, 5) is 13.7. The summed E-state index contributed by atoms with van der Waals surface area (Å²) in [5, 5.41) is 9.06. The van der Waals surface area contributed by atoms with Crippen LogP contribution in [0.15, 0.2) is 4.90 Å². The third-order valence-corrected chi connectivity index (χ3v) is 5.55. The first kappa shape index (κ1) is 16.0. The van der Waals surface area contributed by atoms with Gasteiger partial charge in [0, 0.05) is 23.9 Å². The van der Waals surface area contributed by atoms with Crippen LogP contribution in [-0.4, -0.2) is 43.2 Å². The molecule has 2 rings (SSSR count). The van der Waals surface area contributed by atoms with Crippen molar-refractivity contribution in [3.63, 3.8) is 0 Å². The van der Waals surface area contributed by atoms with Crippen molar-refractivity contribution in [1.82, 2.24) is 9.71 Å². The zero-order valence-corrected chi connectivity index (χ0v) is 13.1. The summed E-state index contributed by atoms with van der Waals surface area (Å²) in [6, 6.07) is -0.362. The number of carboxylic acid groups (broad SMARTS) is 1. The number of aromatic nitrogens is 1. The Labute approximate surface area is 123 Å². The Balaban J connectivity index is 2.29. The minimum atomic E-state index is -3.80. The van der Waals surface area contributed by atoms with E-state index >= 15 is 0 Å². The summed E-state index contributed by atoms with van der Waals surface area (Å²) in [6.07, 6.45) is 1.59. The number of aromatic carboxylic acids is 1. The lowest BCUT2D eigenvalue weighted by molar-refractivity contribution is 0.0690. The van der Waals surface area contributed by atoms with Gasteiger partial charge < -0.3 is 14.8 Å². The monoisotopic (exact) mass is 316 g/mol. The third-order valence-electron chi connectivity index (χ3n) is 3.71. The number of rotatable bonds is 5. The number of aryl methyl sites for hydroxylation is 1. The van der Waals surface area contributed by atoms with Gasteiger partial charge in [-0.25, -0.2) is 17.9 Å². The first-order valence-electron chi connectivity index (χ1n) is 6.80. The van der Waals surface area contributed by atoms with E-state index in [0.29, 0.717) is 12.3 Å². The zero-order valence-electron chi connectivity index (χ0n) is 12.3. The van der Waals surface area contributed by atoms with Crippen molar-refractivity contribution in [2.45, 2.75) is 50.7 Å². The lowest BCUT2D eigenvalue weighted by Gasteiger charge is -2.20. The van der Waals surface area contributed by atoms with Gasteiger partial charge in [-0.05, 0) is 33.6 Å². The Morgan fingerprint density at radius 3 is 2.62 bits per heavy atom. The van der Waals surface area contributed by atoms with E-state index in [9.17, 15) is 13.2 Å². The molecule has 1 saturated heterocycles. The van der Waals surface area contributed by atoms with Gasteiger partial charge in [-0.2, -0.15) is 0 Å². The number of H-pyrrole nitrogens is 1. The topological polar surface area (TPSA) is 108 Å². The highest BCUT2D eigenvalue weighted by molar-refractivity contribution is 7.89. The van der Waals surface area contributed by atoms with Gasteiger partial charge in [0.15, 0.2) is 0 Å². The molecule has 0 saturated carbocycles. The molecule has 0 bridgehead atoms. The molecule has 1 aromatic rings. The van der Waals surface area contributed by atoms with Crippen molar-refractivity contribution >= 4 is 16.0 Å². The Morgan fingerprint density at radius 2 is 2.14 bits per heavy atom. The summed E-state index contributed by atoms with van der Waals surface area (Å²) < 4.78 is 33.0. The van der Waals surface area contributed by atoms with Crippen LogP contribution < -0.4 is 4.72 Å². The predicted octanol–water partition coefficient (Wildman–Crippen LogP) is 1.18. The molecule has 1 aliphatic rings. The van der Waals surface area contributed by atoms with Gasteiger partial charge in [-0.15, -0.1) is 0 Å². The molecule has 1 aliphatic heterocycles. The molecule has 0 aromatic carbocycles. The molecule has 7 nitrogen and oxygen atoms in total. The van der Waals surface area contributed by atoms with E-state index < -0.39 is 16.0 Å². The number of ether oxygens (including phenoxy) is 1. The van der Waals surface area contributed by atoms with Crippen molar-refractivity contribution in [3.05, 3.63) is 17.0 Å². The Morgan fingerprint density at radius 1 is 1.48 bits per heavy atom. The minimum absolute atomic E-state index is 0.00440. The number of hydrogen-bond donors (Lipinski definition) is 3. The summed E-state index contributed by atoms with van der Waals surface area (Å²) in [5.41, 5.74) is 0.432. The highest BCUT2D eigenvalue weighted by Gasteiger charge is 2.31. The van der Waals surface area contributed by atoms with E-state index in [1.807, 2.05) is 0 Å². The molecule has 21 heavy (non-hydrogen) atoms. The molecule has 118 valence electrons. The van der Waals surface area contributed by atoms with Crippen LogP contribution >= 0.6 is 0 Å². The van der Waals surface area contributed by atoms with E-state index in [1.54, 1.807) is 13.8 Å². The fraction of sp³-hybridized carbons (Fsp3) is 0.615. The molecule has 0 spiro atoms. The molecule has 8 heteroatoms. The summed E-state index contributed by atoms with van der Waals surface area (Å²) >= 11 is 0. The van der Waals surface area contributed by atoms with Crippen LogP contribution in [0.3, 0.4) is 0 Å².